The molecule has 21 nitrogen and oxygen atoms in total. The van der Waals surface area contributed by atoms with Gasteiger partial charge in [-0.25, -0.2) is 0 Å². The number of hydrogen-bond donors (Lipinski definition) is 8. The molecule has 1 saturated carbocycles. The number of carbonyl (C=O) groups is 3. The number of unbranched alkanes of at least 4 members (excludes halogenated alkanes) is 5. The number of ether oxygens (including phenoxy) is 5. The molecule has 4 aliphatic rings. The van der Waals surface area contributed by atoms with Gasteiger partial charge in [0.1, 0.15) is 48.8 Å². The van der Waals surface area contributed by atoms with Crippen molar-refractivity contribution in [3.63, 3.8) is 0 Å². The number of thioether (sulfide) groups is 1. The predicted octanol–water partition coefficient (Wildman–Crippen LogP) is -1.32. The minimum Gasteiger partial charge on any atom is -0.756 e. The number of phosphoric ester groups is 1. The van der Waals surface area contributed by atoms with Gasteiger partial charge in [0.15, 0.2) is 12.6 Å². The molecule has 4 rings (SSSR count). The van der Waals surface area contributed by atoms with E-state index < -0.39 is 93.3 Å². The molecule has 8 N–H and O–H groups in total. The van der Waals surface area contributed by atoms with Gasteiger partial charge in [-0.15, -0.1) is 11.8 Å². The Hall–Kier alpha value is -1.41. The van der Waals surface area contributed by atoms with E-state index in [1.807, 2.05) is 13.8 Å². The zero-order valence-electron chi connectivity index (χ0n) is 35.7. The summed E-state index contributed by atoms with van der Waals surface area (Å²) in [6.07, 6.45) is -9.84. The Bertz CT molecular complexity index is 1440. The minimum atomic E-state index is -4.21. The van der Waals surface area contributed by atoms with Gasteiger partial charge in [-0.2, -0.15) is 0 Å². The molecule has 0 aromatic rings. The second-order valence-corrected chi connectivity index (χ2v) is 19.4. The molecule has 3 aliphatic heterocycles. The number of carbonyl (C=O) groups excluding carboxylic acids is 3. The van der Waals surface area contributed by atoms with Gasteiger partial charge in [0.25, 0.3) is 7.82 Å². The molecule has 4 fully saturated rings. The lowest BCUT2D eigenvalue weighted by Crippen LogP contribution is -2.61. The summed E-state index contributed by atoms with van der Waals surface area (Å²) in [6.45, 7) is 3.51. The van der Waals surface area contributed by atoms with Crippen LogP contribution in [0.1, 0.15) is 84.5 Å². The van der Waals surface area contributed by atoms with E-state index in [1.165, 1.54) is 16.7 Å². The Morgan fingerprint density at radius 2 is 1.45 bits per heavy atom. The Morgan fingerprint density at radius 1 is 0.823 bits per heavy atom. The number of imide groups is 1. The summed E-state index contributed by atoms with van der Waals surface area (Å²) in [7, 11) is -3.17. The third kappa shape index (κ3) is 15.6. The van der Waals surface area contributed by atoms with Crippen molar-refractivity contribution >= 4 is 37.3 Å². The van der Waals surface area contributed by atoms with E-state index in [4.69, 9.17) is 23.7 Å². The van der Waals surface area contributed by atoms with Crippen molar-refractivity contribution in [1.29, 1.82) is 0 Å². The van der Waals surface area contributed by atoms with Crippen LogP contribution < -0.4 is 10.2 Å². The number of amides is 3. The van der Waals surface area contributed by atoms with Crippen LogP contribution in [0.2, 0.25) is 0 Å². The lowest BCUT2D eigenvalue weighted by Gasteiger charge is -2.45. The largest absolute Gasteiger partial charge is 0.756 e. The molecule has 3 heterocycles. The summed E-state index contributed by atoms with van der Waals surface area (Å²) in [4.78, 5) is 50.2. The molecule has 0 aromatic carbocycles. The third-order valence-corrected chi connectivity index (χ3v) is 14.2. The Kier molecular flexibility index (Phi) is 22.4. The molecule has 0 radical (unpaired) electrons. The van der Waals surface area contributed by atoms with Gasteiger partial charge < -0.3 is 78.7 Å². The monoisotopic (exact) mass is 931 g/mol. The lowest BCUT2D eigenvalue weighted by molar-refractivity contribution is -0.327. The number of nitrogens with one attached hydrogen (secondary N) is 1. The first kappa shape index (κ1) is 53.2. The second kappa shape index (κ2) is 26.1. The van der Waals surface area contributed by atoms with Crippen LogP contribution in [0.25, 0.3) is 0 Å². The normalized spacial score (nSPS) is 36.5. The molecule has 3 amide bonds. The van der Waals surface area contributed by atoms with Gasteiger partial charge in [0, 0.05) is 33.0 Å². The van der Waals surface area contributed by atoms with Crippen molar-refractivity contribution in [1.82, 2.24) is 10.2 Å². The number of nitrogens with zero attached hydrogens (tertiary/aromatic N) is 1. The molecule has 0 spiro atoms. The summed E-state index contributed by atoms with van der Waals surface area (Å²) in [6, 6.07) is 0. The van der Waals surface area contributed by atoms with E-state index in [0.29, 0.717) is 44.3 Å². The predicted molar refractivity (Wildman–Crippen MR) is 217 cm³/mol. The highest BCUT2D eigenvalue weighted by molar-refractivity contribution is 8.00. The molecule has 0 bridgehead atoms. The van der Waals surface area contributed by atoms with E-state index in [2.05, 4.69) is 14.4 Å². The fraction of sp³-hybridized carbons (Fsp3) is 0.923. The number of likely N-dealkylation sites (tertiary alicyclic amines) is 1. The molecule has 16 atom stereocenters. The first-order chi connectivity index (χ1) is 29.5. The van der Waals surface area contributed by atoms with Crippen molar-refractivity contribution in [3.8, 4) is 0 Å². The average molecular weight is 932 g/mol. The van der Waals surface area contributed by atoms with Crippen molar-refractivity contribution < 1.29 is 92.3 Å². The maximum atomic E-state index is 12.8. The zero-order valence-corrected chi connectivity index (χ0v) is 37.4. The third-order valence-electron chi connectivity index (χ3n) is 11.9. The van der Waals surface area contributed by atoms with Gasteiger partial charge in [-0.3, -0.25) is 23.8 Å². The average Bonchev–Trinajstić information content (AvgIpc) is 3.51. The van der Waals surface area contributed by atoms with Crippen LogP contribution in [0.15, 0.2) is 0 Å². The fourth-order valence-electron chi connectivity index (χ4n) is 7.80. The molecule has 62 heavy (non-hydrogen) atoms. The van der Waals surface area contributed by atoms with Crippen LogP contribution >= 0.6 is 19.6 Å². The van der Waals surface area contributed by atoms with Crippen molar-refractivity contribution in [2.24, 2.45) is 11.8 Å². The topological polar surface area (TPSA) is 313 Å². The number of hydrogen-bond acceptors (Lipinski definition) is 20. The van der Waals surface area contributed by atoms with E-state index in [9.17, 15) is 59.6 Å². The van der Waals surface area contributed by atoms with Gasteiger partial charge in [-0.05, 0) is 56.1 Å². The van der Waals surface area contributed by atoms with Gasteiger partial charge in [0.05, 0.1) is 43.9 Å². The van der Waals surface area contributed by atoms with E-state index in [1.54, 1.807) is 0 Å². The SMILES string of the molecule is COP(=O)([O-])OCCCCCCSC1CC(=O)N(CCCCCC(=O)NCCO[C@H]2OC(CO[C@H]3CC(C)[C@@H](C)CC3O[C@H]3OC(CO)[C@@H](O)[C@H](O)C3O)[C@@H](O)[C@H](O)C2O)C1=O. The van der Waals surface area contributed by atoms with Crippen molar-refractivity contribution in [2.45, 2.75) is 163 Å². The Labute approximate surface area is 366 Å². The number of rotatable bonds is 26. The molecule has 3 saturated heterocycles. The highest BCUT2D eigenvalue weighted by atomic mass is 32.2. The number of aliphatic hydroxyl groups excluding tert-OH is 7. The lowest BCUT2D eigenvalue weighted by atomic mass is 9.78. The fourth-order valence-corrected chi connectivity index (χ4v) is 9.44. The van der Waals surface area contributed by atoms with Crippen molar-refractivity contribution in [3.05, 3.63) is 0 Å². The molecule has 8 unspecified atom stereocenters. The standard InChI is InChI=1S/C39H69N2O19PS/c1-22-17-24(25(18-23(22)2)58-39-36(50)33(47)31(45)26(20-42)59-39)56-21-27-32(46)34(48)35(49)38(60-27)55-15-12-40-29(43)11-7-6-8-13-41-30(44)19-28(37(41)51)62-16-10-5-4-9-14-57-61(52,53)54-3/h22-28,31-36,38-39,42,45-50H,4-21H2,1-3H3,(H,40,43)(H,52,53)/p-1/t22?,23-,24-,25?,26?,27?,28?,31+,32+,33-,34-,35?,36?,38-,39-/m0/s1. The Balaban J connectivity index is 1.10. The summed E-state index contributed by atoms with van der Waals surface area (Å²) in [5, 5.41) is 74.7. The molecule has 360 valence electrons. The minimum absolute atomic E-state index is 0.0524. The Morgan fingerprint density at radius 3 is 2.15 bits per heavy atom. The van der Waals surface area contributed by atoms with Gasteiger partial charge in [0.2, 0.25) is 17.7 Å². The molecule has 0 aromatic heterocycles. The number of aliphatic hydroxyl groups is 7. The van der Waals surface area contributed by atoms with Gasteiger partial charge in [-0.1, -0.05) is 33.1 Å². The zero-order chi connectivity index (χ0) is 45.6. The van der Waals surface area contributed by atoms with Crippen LogP contribution in [0.4, 0.5) is 0 Å². The summed E-state index contributed by atoms with van der Waals surface area (Å²) in [5.41, 5.74) is 0. The van der Waals surface area contributed by atoms with Crippen LogP contribution in [-0.4, -0.2) is 190 Å². The molecule has 1 aliphatic carbocycles. The molecular weight excluding hydrogens is 863 g/mol. The quantitative estimate of drug-likeness (QED) is 0.0283. The highest BCUT2D eigenvalue weighted by Gasteiger charge is 2.48. The second-order valence-electron chi connectivity index (χ2n) is 16.5. The van der Waals surface area contributed by atoms with Crippen LogP contribution in [0, 0.1) is 11.8 Å². The maximum absolute atomic E-state index is 12.8. The van der Waals surface area contributed by atoms with E-state index >= 15 is 0 Å². The maximum Gasteiger partial charge on any atom is 0.267 e. The highest BCUT2D eigenvalue weighted by Crippen LogP contribution is 2.38. The summed E-state index contributed by atoms with van der Waals surface area (Å²) in [5.74, 6) is 0.398. The van der Waals surface area contributed by atoms with E-state index in [0.717, 1.165) is 26.4 Å². The van der Waals surface area contributed by atoms with Crippen LogP contribution in [0.5, 0.6) is 0 Å². The first-order valence-corrected chi connectivity index (χ1v) is 24.1. The van der Waals surface area contributed by atoms with Crippen LogP contribution in [0.3, 0.4) is 0 Å². The van der Waals surface area contributed by atoms with Gasteiger partial charge >= 0.3 is 0 Å². The molecular formula is C39H68N2O19PS-. The first-order valence-electron chi connectivity index (χ1n) is 21.6. The van der Waals surface area contributed by atoms with Crippen molar-refractivity contribution in [2.75, 3.05) is 52.4 Å². The van der Waals surface area contributed by atoms with E-state index in [-0.39, 0.29) is 75.3 Å². The molecule has 23 heteroatoms. The summed E-state index contributed by atoms with van der Waals surface area (Å²) >= 11 is 1.45. The smallest absolute Gasteiger partial charge is 0.267 e. The summed E-state index contributed by atoms with van der Waals surface area (Å²) < 4.78 is 49.3. The number of phosphoric acid groups is 1. The van der Waals surface area contributed by atoms with Crippen LogP contribution in [-0.2, 0) is 51.7 Å².